The summed E-state index contributed by atoms with van der Waals surface area (Å²) in [5.74, 6) is 0.455. The molecule has 1 spiro atoms. The highest BCUT2D eigenvalue weighted by Crippen LogP contribution is 2.73. The second-order valence-electron chi connectivity index (χ2n) is 9.44. The third-order valence-corrected chi connectivity index (χ3v) is 5.90. The lowest BCUT2D eigenvalue weighted by atomic mass is 9.64. The number of carbonyl (C=O) groups excluding carboxylic acids is 1. The zero-order chi connectivity index (χ0) is 16.6. The van der Waals surface area contributed by atoms with Crippen LogP contribution in [0.15, 0.2) is 0 Å². The first-order valence-electron chi connectivity index (χ1n) is 8.44. The molecule has 2 saturated carbocycles. The standard InChI is InChI=1S/C17H29BO4/c1-14(2,3)20-13(19)11-8-17(9-11)10-12(17)18-21-15(4,5)16(6,7)22-18/h11-12H,8-10H2,1-7H3. The molecule has 22 heavy (non-hydrogen) atoms. The van der Waals surface area contributed by atoms with Crippen LogP contribution in [0.3, 0.4) is 0 Å². The van der Waals surface area contributed by atoms with Crippen molar-refractivity contribution in [2.75, 3.05) is 0 Å². The highest BCUT2D eigenvalue weighted by Gasteiger charge is 2.71. The van der Waals surface area contributed by atoms with E-state index in [1.165, 1.54) is 0 Å². The number of carbonyl (C=O) groups is 1. The van der Waals surface area contributed by atoms with E-state index in [0.717, 1.165) is 19.3 Å². The van der Waals surface area contributed by atoms with Gasteiger partial charge in [-0.15, -0.1) is 0 Å². The van der Waals surface area contributed by atoms with Crippen molar-refractivity contribution in [1.29, 1.82) is 0 Å². The normalized spacial score (nSPS) is 38.8. The highest BCUT2D eigenvalue weighted by atomic mass is 16.7. The summed E-state index contributed by atoms with van der Waals surface area (Å²) in [6.07, 6.45) is 2.97. The van der Waals surface area contributed by atoms with Crippen LogP contribution < -0.4 is 0 Å². The van der Waals surface area contributed by atoms with Crippen molar-refractivity contribution in [3.05, 3.63) is 0 Å². The van der Waals surface area contributed by atoms with Gasteiger partial charge in [-0.25, -0.2) is 0 Å². The number of ether oxygens (including phenoxy) is 1. The first kappa shape index (κ1) is 16.3. The fraction of sp³-hybridized carbons (Fsp3) is 0.941. The molecule has 5 heteroatoms. The Morgan fingerprint density at radius 2 is 1.55 bits per heavy atom. The van der Waals surface area contributed by atoms with Gasteiger partial charge >= 0.3 is 13.1 Å². The SMILES string of the molecule is CC(C)(C)OC(=O)C1CC2(C1)CC2B1OC(C)(C)C(C)(C)O1. The number of hydrogen-bond acceptors (Lipinski definition) is 4. The van der Waals surface area contributed by atoms with E-state index in [1.54, 1.807) is 0 Å². The van der Waals surface area contributed by atoms with Gasteiger partial charge in [-0.2, -0.15) is 0 Å². The van der Waals surface area contributed by atoms with Crippen LogP contribution in [-0.2, 0) is 18.8 Å². The molecular formula is C17H29BO4. The molecule has 2 aliphatic carbocycles. The molecule has 0 radical (unpaired) electrons. The van der Waals surface area contributed by atoms with E-state index in [4.69, 9.17) is 14.0 Å². The minimum absolute atomic E-state index is 0.0438. The minimum atomic E-state index is -0.394. The second kappa shape index (κ2) is 4.51. The summed E-state index contributed by atoms with van der Waals surface area (Å²) in [6.45, 7) is 14.1. The van der Waals surface area contributed by atoms with Crippen LogP contribution in [0, 0.1) is 11.3 Å². The molecule has 0 aromatic heterocycles. The van der Waals surface area contributed by atoms with Crippen molar-refractivity contribution in [3.8, 4) is 0 Å². The van der Waals surface area contributed by atoms with Crippen LogP contribution >= 0.6 is 0 Å². The lowest BCUT2D eigenvalue weighted by molar-refractivity contribution is -0.165. The maximum atomic E-state index is 12.1. The fourth-order valence-corrected chi connectivity index (χ4v) is 3.76. The van der Waals surface area contributed by atoms with Gasteiger partial charge in [0.1, 0.15) is 5.60 Å². The third kappa shape index (κ3) is 2.60. The van der Waals surface area contributed by atoms with Crippen LogP contribution in [0.25, 0.3) is 0 Å². The molecule has 124 valence electrons. The molecule has 4 nitrogen and oxygen atoms in total. The van der Waals surface area contributed by atoms with E-state index in [0.29, 0.717) is 5.82 Å². The molecule has 0 aromatic carbocycles. The highest BCUT2D eigenvalue weighted by molar-refractivity contribution is 6.49. The molecule has 1 saturated heterocycles. The summed E-state index contributed by atoms with van der Waals surface area (Å²) in [5.41, 5.74) is -0.664. The monoisotopic (exact) mass is 308 g/mol. The molecule has 0 amide bonds. The Labute approximate surface area is 134 Å². The van der Waals surface area contributed by atoms with Crippen LogP contribution in [0.4, 0.5) is 0 Å². The smallest absolute Gasteiger partial charge is 0.460 e. The van der Waals surface area contributed by atoms with Crippen molar-refractivity contribution in [2.24, 2.45) is 11.3 Å². The lowest BCUT2D eigenvalue weighted by Crippen LogP contribution is -2.41. The Balaban J connectivity index is 1.54. The molecular weight excluding hydrogens is 279 g/mol. The maximum Gasteiger partial charge on any atom is 0.461 e. The van der Waals surface area contributed by atoms with Crippen LogP contribution in [0.1, 0.15) is 67.7 Å². The summed E-state index contributed by atoms with van der Waals surface area (Å²) in [7, 11) is -0.121. The van der Waals surface area contributed by atoms with E-state index in [-0.39, 0.29) is 35.6 Å². The number of hydrogen-bond donors (Lipinski definition) is 0. The largest absolute Gasteiger partial charge is 0.461 e. The van der Waals surface area contributed by atoms with E-state index < -0.39 is 5.60 Å². The Morgan fingerprint density at radius 1 is 1.05 bits per heavy atom. The van der Waals surface area contributed by atoms with Gasteiger partial charge in [0.25, 0.3) is 0 Å². The number of rotatable bonds is 2. The summed E-state index contributed by atoms with van der Waals surface area (Å²) in [6, 6.07) is 0. The van der Waals surface area contributed by atoms with Gasteiger partial charge in [-0.05, 0) is 73.1 Å². The van der Waals surface area contributed by atoms with E-state index in [1.807, 2.05) is 20.8 Å². The van der Waals surface area contributed by atoms with Gasteiger partial charge in [0, 0.05) is 5.82 Å². The fourth-order valence-electron chi connectivity index (χ4n) is 3.76. The molecule has 0 N–H and O–H groups in total. The maximum absolute atomic E-state index is 12.1. The third-order valence-electron chi connectivity index (χ3n) is 5.90. The first-order chi connectivity index (χ1) is 9.85. The van der Waals surface area contributed by atoms with Gasteiger partial charge in [0.05, 0.1) is 17.1 Å². The molecule has 1 aliphatic heterocycles. The van der Waals surface area contributed by atoms with Gasteiger partial charge in [0.2, 0.25) is 0 Å². The molecule has 1 unspecified atom stereocenters. The van der Waals surface area contributed by atoms with Gasteiger partial charge < -0.3 is 14.0 Å². The summed E-state index contributed by atoms with van der Waals surface area (Å²) in [5, 5.41) is 0. The van der Waals surface area contributed by atoms with Gasteiger partial charge in [-0.1, -0.05) is 0 Å². The van der Waals surface area contributed by atoms with Crippen LogP contribution in [-0.4, -0.2) is 29.9 Å². The average molecular weight is 308 g/mol. The summed E-state index contributed by atoms with van der Waals surface area (Å²) < 4.78 is 17.8. The Hall–Kier alpha value is -0.545. The minimum Gasteiger partial charge on any atom is -0.460 e. The molecule has 3 rings (SSSR count). The van der Waals surface area contributed by atoms with Crippen LogP contribution in [0.2, 0.25) is 5.82 Å². The lowest BCUT2D eigenvalue weighted by Gasteiger charge is -2.37. The van der Waals surface area contributed by atoms with Gasteiger partial charge in [-0.3, -0.25) is 4.79 Å². The Morgan fingerprint density at radius 3 is 2.00 bits per heavy atom. The van der Waals surface area contributed by atoms with Gasteiger partial charge in [0.15, 0.2) is 0 Å². The molecule has 1 heterocycles. The van der Waals surface area contributed by atoms with Crippen molar-refractivity contribution < 1.29 is 18.8 Å². The second-order valence-corrected chi connectivity index (χ2v) is 9.44. The van der Waals surface area contributed by atoms with Crippen molar-refractivity contribution in [1.82, 2.24) is 0 Å². The molecule has 0 aromatic rings. The predicted molar refractivity (Wildman–Crippen MR) is 85.5 cm³/mol. The number of esters is 1. The van der Waals surface area contributed by atoms with Crippen molar-refractivity contribution in [3.63, 3.8) is 0 Å². The molecule has 0 bridgehead atoms. The topological polar surface area (TPSA) is 44.8 Å². The van der Waals surface area contributed by atoms with E-state index in [2.05, 4.69) is 27.7 Å². The predicted octanol–water partition coefficient (Wildman–Crippen LogP) is 3.59. The summed E-state index contributed by atoms with van der Waals surface area (Å²) in [4.78, 5) is 12.1. The first-order valence-corrected chi connectivity index (χ1v) is 8.44. The van der Waals surface area contributed by atoms with E-state index >= 15 is 0 Å². The van der Waals surface area contributed by atoms with Crippen molar-refractivity contribution >= 4 is 13.1 Å². The summed E-state index contributed by atoms with van der Waals surface area (Å²) >= 11 is 0. The van der Waals surface area contributed by atoms with Crippen LogP contribution in [0.5, 0.6) is 0 Å². The quantitative estimate of drug-likeness (QED) is 0.577. The van der Waals surface area contributed by atoms with Crippen molar-refractivity contribution in [2.45, 2.75) is 90.3 Å². The Kier molecular flexibility index (Phi) is 3.34. The molecule has 3 fully saturated rings. The average Bonchev–Trinajstić information content (AvgIpc) is 2.92. The molecule has 1 atom stereocenters. The zero-order valence-corrected chi connectivity index (χ0v) is 15.0. The Bertz CT molecular complexity index is 469. The molecule has 3 aliphatic rings. The van der Waals surface area contributed by atoms with E-state index in [9.17, 15) is 4.79 Å². The zero-order valence-electron chi connectivity index (χ0n) is 15.0.